The van der Waals surface area contributed by atoms with Crippen molar-refractivity contribution in [1.29, 1.82) is 0 Å². The second-order valence-corrected chi connectivity index (χ2v) is 6.40. The van der Waals surface area contributed by atoms with Crippen LogP contribution in [0.15, 0.2) is 58.4 Å². The van der Waals surface area contributed by atoms with Gasteiger partial charge in [-0.3, -0.25) is 9.59 Å². The molecule has 0 bridgehead atoms. The molecule has 0 fully saturated rings. The predicted octanol–water partition coefficient (Wildman–Crippen LogP) is 2.57. The minimum atomic E-state index is -0.426. The van der Waals surface area contributed by atoms with Gasteiger partial charge in [-0.05, 0) is 24.6 Å². The van der Waals surface area contributed by atoms with Gasteiger partial charge in [-0.15, -0.1) is 0 Å². The molecule has 2 aromatic carbocycles. The van der Waals surface area contributed by atoms with Crippen LogP contribution < -0.4 is 11.0 Å². The number of aliphatic hydroxyl groups is 1. The van der Waals surface area contributed by atoms with Crippen molar-refractivity contribution in [3.8, 4) is 11.6 Å². The highest BCUT2D eigenvalue weighted by atomic mass is 35.5. The van der Waals surface area contributed by atoms with Gasteiger partial charge in [0.05, 0.1) is 22.5 Å². The minimum absolute atomic E-state index is 0.0919. The Balaban J connectivity index is 2.13. The molecule has 0 aliphatic carbocycles. The van der Waals surface area contributed by atoms with E-state index in [-0.39, 0.29) is 30.4 Å². The van der Waals surface area contributed by atoms with Crippen molar-refractivity contribution in [2.45, 2.75) is 12.8 Å². The lowest BCUT2D eigenvalue weighted by molar-refractivity contribution is -0.121. The van der Waals surface area contributed by atoms with Crippen LogP contribution in [-0.4, -0.2) is 33.5 Å². The number of nitrogens with zero attached hydrogens (tertiary/aromatic N) is 2. The van der Waals surface area contributed by atoms with Gasteiger partial charge in [0.25, 0.3) is 5.56 Å². The molecule has 0 aliphatic heterocycles. The van der Waals surface area contributed by atoms with E-state index in [0.717, 1.165) is 4.57 Å². The van der Waals surface area contributed by atoms with Gasteiger partial charge in [0.15, 0.2) is 0 Å². The molecule has 144 valence electrons. The van der Waals surface area contributed by atoms with E-state index in [2.05, 4.69) is 10.5 Å². The molecule has 1 aromatic heterocycles. The number of carbonyl (C=O) groups excluding carboxylic acids is 1. The number of aliphatic hydroxyl groups excluding tert-OH is 1. The van der Waals surface area contributed by atoms with Crippen LogP contribution in [-0.2, 0) is 4.79 Å². The van der Waals surface area contributed by atoms with Gasteiger partial charge < -0.3 is 10.2 Å². The molecule has 8 heteroatoms. The van der Waals surface area contributed by atoms with E-state index in [0.29, 0.717) is 27.9 Å². The van der Waals surface area contributed by atoms with Crippen molar-refractivity contribution < 1.29 is 15.0 Å². The molecule has 3 rings (SSSR count). The number of fused-ring (bicyclic) bond motifs is 1. The maximum Gasteiger partial charge on any atom is 0.265 e. The van der Waals surface area contributed by atoms with Gasteiger partial charge in [0, 0.05) is 23.8 Å². The number of hydrazone groups is 1. The normalized spacial score (nSPS) is 11.2. The smallest absolute Gasteiger partial charge is 0.265 e. The zero-order valence-electron chi connectivity index (χ0n) is 14.8. The zero-order chi connectivity index (χ0) is 20.1. The summed E-state index contributed by atoms with van der Waals surface area (Å²) in [6.07, 6.45) is 1.73. The van der Waals surface area contributed by atoms with E-state index in [1.54, 1.807) is 48.5 Å². The summed E-state index contributed by atoms with van der Waals surface area (Å²) in [7, 11) is 0. The molecular weight excluding hydrogens is 382 g/mol. The molecule has 28 heavy (non-hydrogen) atoms. The Morgan fingerprint density at radius 3 is 2.54 bits per heavy atom. The fourth-order valence-corrected chi connectivity index (χ4v) is 3.03. The number of benzene rings is 2. The number of aromatic nitrogens is 1. The van der Waals surface area contributed by atoms with E-state index in [1.807, 2.05) is 0 Å². The van der Waals surface area contributed by atoms with Crippen molar-refractivity contribution in [3.63, 3.8) is 0 Å². The lowest BCUT2D eigenvalue weighted by atomic mass is 10.1. The lowest BCUT2D eigenvalue weighted by Crippen LogP contribution is -2.21. The van der Waals surface area contributed by atoms with Gasteiger partial charge in [-0.2, -0.15) is 5.10 Å². The van der Waals surface area contributed by atoms with Gasteiger partial charge in [-0.25, -0.2) is 9.99 Å². The summed E-state index contributed by atoms with van der Waals surface area (Å²) >= 11 is 6.22. The molecule has 7 nitrogen and oxygen atoms in total. The summed E-state index contributed by atoms with van der Waals surface area (Å²) in [6, 6.07) is 13.4. The van der Waals surface area contributed by atoms with Gasteiger partial charge in [0.2, 0.25) is 11.8 Å². The van der Waals surface area contributed by atoms with E-state index < -0.39 is 5.56 Å². The molecule has 1 amide bonds. The molecule has 0 radical (unpaired) electrons. The number of carbonyl (C=O) groups is 1. The molecule has 0 aliphatic rings. The second-order valence-electron chi connectivity index (χ2n) is 6.00. The van der Waals surface area contributed by atoms with Gasteiger partial charge in [-0.1, -0.05) is 41.9 Å². The molecular formula is C20H18ClN3O4. The summed E-state index contributed by atoms with van der Waals surface area (Å²) in [4.78, 5) is 24.6. The van der Waals surface area contributed by atoms with Crippen molar-refractivity contribution in [2.24, 2.45) is 5.10 Å². The number of amides is 1. The first-order chi connectivity index (χ1) is 13.5. The van der Waals surface area contributed by atoms with E-state index in [4.69, 9.17) is 16.7 Å². The maximum atomic E-state index is 13.0. The largest absolute Gasteiger partial charge is 0.494 e. The molecule has 1 heterocycles. The number of hydrogen-bond acceptors (Lipinski definition) is 5. The van der Waals surface area contributed by atoms with Crippen LogP contribution in [0.4, 0.5) is 0 Å². The standard InChI is InChI=1S/C20H18ClN3O4/c21-16-8-3-4-9-17(16)24-19(27)14-7-2-1-6-13(14)15(20(24)28)12-22-23-18(26)10-5-11-25/h1-4,6-9,12,25,28H,5,10-11H2,(H,23,26)/b22-12+. The van der Waals surface area contributed by atoms with Crippen LogP contribution in [0.2, 0.25) is 5.02 Å². The van der Waals surface area contributed by atoms with Crippen molar-refractivity contribution in [3.05, 3.63) is 69.5 Å². The molecule has 3 N–H and O–H groups in total. The Kier molecular flexibility index (Phi) is 6.08. The molecule has 0 spiro atoms. The number of pyridine rings is 1. The monoisotopic (exact) mass is 399 g/mol. The van der Waals surface area contributed by atoms with Crippen LogP contribution in [0.1, 0.15) is 18.4 Å². The van der Waals surface area contributed by atoms with Gasteiger partial charge in [0.1, 0.15) is 0 Å². The Morgan fingerprint density at radius 1 is 1.14 bits per heavy atom. The summed E-state index contributed by atoms with van der Waals surface area (Å²) in [5.74, 6) is -0.710. The highest BCUT2D eigenvalue weighted by molar-refractivity contribution is 6.32. The van der Waals surface area contributed by atoms with Crippen molar-refractivity contribution in [1.82, 2.24) is 9.99 Å². The second kappa shape index (κ2) is 8.69. The first-order valence-corrected chi connectivity index (χ1v) is 8.96. The number of aromatic hydroxyl groups is 1. The van der Waals surface area contributed by atoms with E-state index in [1.165, 1.54) is 6.21 Å². The third-order valence-electron chi connectivity index (χ3n) is 4.14. The Hall–Kier alpha value is -3.16. The average Bonchev–Trinajstić information content (AvgIpc) is 2.70. The summed E-state index contributed by atoms with van der Waals surface area (Å²) in [5, 5.41) is 24.6. The summed E-state index contributed by atoms with van der Waals surface area (Å²) in [6.45, 7) is -0.0919. The molecule has 0 atom stereocenters. The molecule has 3 aromatic rings. The Labute approximate surface area is 165 Å². The van der Waals surface area contributed by atoms with Crippen LogP contribution in [0, 0.1) is 0 Å². The Bertz CT molecular complexity index is 1110. The maximum absolute atomic E-state index is 13.0. The quantitative estimate of drug-likeness (QED) is 0.437. The number of nitrogens with one attached hydrogen (secondary N) is 1. The molecule has 0 saturated carbocycles. The highest BCUT2D eigenvalue weighted by Gasteiger charge is 2.17. The van der Waals surface area contributed by atoms with Crippen LogP contribution >= 0.6 is 11.6 Å². The fraction of sp³-hybridized carbons (Fsp3) is 0.150. The van der Waals surface area contributed by atoms with Crippen LogP contribution in [0.3, 0.4) is 0 Å². The van der Waals surface area contributed by atoms with Crippen molar-refractivity contribution in [2.75, 3.05) is 6.61 Å². The fourth-order valence-electron chi connectivity index (χ4n) is 2.81. The van der Waals surface area contributed by atoms with Gasteiger partial charge >= 0.3 is 0 Å². The number of rotatable bonds is 6. The van der Waals surface area contributed by atoms with Crippen LogP contribution in [0.25, 0.3) is 16.5 Å². The predicted molar refractivity (Wildman–Crippen MR) is 108 cm³/mol. The number of hydrogen-bond donors (Lipinski definition) is 3. The lowest BCUT2D eigenvalue weighted by Gasteiger charge is -2.14. The topological polar surface area (TPSA) is 104 Å². The first-order valence-electron chi connectivity index (χ1n) is 8.59. The third-order valence-corrected chi connectivity index (χ3v) is 4.46. The van der Waals surface area contributed by atoms with Crippen molar-refractivity contribution >= 4 is 34.5 Å². The molecule has 0 unspecified atom stereocenters. The zero-order valence-corrected chi connectivity index (χ0v) is 15.6. The third kappa shape index (κ3) is 3.90. The summed E-state index contributed by atoms with van der Waals surface area (Å²) in [5.41, 5.74) is 2.51. The van der Waals surface area contributed by atoms with Crippen LogP contribution in [0.5, 0.6) is 5.88 Å². The minimum Gasteiger partial charge on any atom is -0.494 e. The van der Waals surface area contributed by atoms with E-state index >= 15 is 0 Å². The number of para-hydroxylation sites is 1. The van der Waals surface area contributed by atoms with E-state index in [9.17, 15) is 14.7 Å². The SMILES string of the molecule is O=C(CCCO)N/N=C/c1c(O)n(-c2ccccc2Cl)c(=O)c2ccccc12. The summed E-state index contributed by atoms with van der Waals surface area (Å²) < 4.78 is 1.11. The highest BCUT2D eigenvalue weighted by Crippen LogP contribution is 2.28. The number of halogens is 1. The first kappa shape index (κ1) is 19.6. The molecule has 0 saturated heterocycles. The average molecular weight is 400 g/mol. The Morgan fingerprint density at radius 2 is 1.82 bits per heavy atom.